The number of nitrogens with one attached hydrogen (secondary N) is 1. The Morgan fingerprint density at radius 1 is 1.06 bits per heavy atom. The van der Waals surface area contributed by atoms with E-state index in [1.54, 1.807) is 0 Å². The third-order valence-corrected chi connectivity index (χ3v) is 7.02. The van der Waals surface area contributed by atoms with Crippen molar-refractivity contribution in [1.82, 2.24) is 15.2 Å². The van der Waals surface area contributed by atoms with Crippen LogP contribution in [0.3, 0.4) is 0 Å². The molecule has 2 saturated heterocycles. The van der Waals surface area contributed by atoms with Crippen LogP contribution < -0.4 is 10.2 Å². The van der Waals surface area contributed by atoms with E-state index < -0.39 is 0 Å². The van der Waals surface area contributed by atoms with Crippen LogP contribution in [0.2, 0.25) is 0 Å². The lowest BCUT2D eigenvalue weighted by molar-refractivity contribution is 0.00674. The molecule has 2 aliphatic heterocycles. The number of nitrogens with zero attached hydrogens (tertiary/aromatic N) is 3. The monoisotopic (exact) mass is 444 g/mol. The number of hydrogen-bond donors (Lipinski definition) is 1. The van der Waals surface area contributed by atoms with Crippen LogP contribution >= 0.6 is 11.3 Å². The van der Waals surface area contributed by atoms with Crippen LogP contribution in [-0.2, 0) is 9.47 Å². The molecule has 8 heteroatoms. The van der Waals surface area contributed by atoms with Gasteiger partial charge >= 0.3 is 0 Å². The number of hydrogen-bond acceptors (Lipinski definition) is 7. The molecule has 0 radical (unpaired) electrons. The minimum atomic E-state index is -0.0465. The molecule has 2 aliphatic rings. The minimum absolute atomic E-state index is 0.0465. The van der Waals surface area contributed by atoms with Gasteiger partial charge in [0.25, 0.3) is 5.91 Å². The van der Waals surface area contributed by atoms with E-state index in [1.165, 1.54) is 11.3 Å². The van der Waals surface area contributed by atoms with Gasteiger partial charge in [0.05, 0.1) is 32.1 Å². The highest BCUT2D eigenvalue weighted by atomic mass is 32.1. The predicted molar refractivity (Wildman–Crippen MR) is 124 cm³/mol. The van der Waals surface area contributed by atoms with Crippen LogP contribution in [0.15, 0.2) is 30.3 Å². The van der Waals surface area contributed by atoms with Gasteiger partial charge < -0.3 is 19.7 Å². The minimum Gasteiger partial charge on any atom is -0.379 e. The third-order valence-electron chi connectivity index (χ3n) is 5.91. The second kappa shape index (κ2) is 10.5. The molecule has 1 aromatic heterocycles. The fourth-order valence-corrected chi connectivity index (χ4v) is 5.17. The van der Waals surface area contributed by atoms with Crippen molar-refractivity contribution < 1.29 is 14.3 Å². The Balaban J connectivity index is 1.53. The molecule has 2 fully saturated rings. The fraction of sp³-hybridized carbons (Fsp3) is 0.565. The zero-order valence-corrected chi connectivity index (χ0v) is 19.2. The van der Waals surface area contributed by atoms with Gasteiger partial charge in [0, 0.05) is 44.3 Å². The van der Waals surface area contributed by atoms with E-state index in [0.29, 0.717) is 36.6 Å². The Kier molecular flexibility index (Phi) is 7.55. The van der Waals surface area contributed by atoms with Gasteiger partial charge in [-0.1, -0.05) is 55.5 Å². The molecule has 168 valence electrons. The van der Waals surface area contributed by atoms with Gasteiger partial charge in [0.15, 0.2) is 5.13 Å². The highest BCUT2D eigenvalue weighted by molar-refractivity contribution is 7.18. The number of rotatable bonds is 7. The van der Waals surface area contributed by atoms with Gasteiger partial charge in [-0.3, -0.25) is 9.69 Å². The summed E-state index contributed by atoms with van der Waals surface area (Å²) in [5, 5.41) is 4.10. The molecule has 0 bridgehead atoms. The van der Waals surface area contributed by atoms with Gasteiger partial charge in [-0.25, -0.2) is 4.98 Å². The lowest BCUT2D eigenvalue weighted by Crippen LogP contribution is -2.51. The molecule has 1 unspecified atom stereocenters. The molecular formula is C23H32N4O3S. The number of aromatic nitrogens is 1. The van der Waals surface area contributed by atoms with Gasteiger partial charge in [0.2, 0.25) is 0 Å². The molecular weight excluding hydrogens is 412 g/mol. The highest BCUT2D eigenvalue weighted by Gasteiger charge is 2.27. The quantitative estimate of drug-likeness (QED) is 0.708. The summed E-state index contributed by atoms with van der Waals surface area (Å²) >= 11 is 1.48. The first-order valence-electron chi connectivity index (χ1n) is 11.1. The normalized spacial score (nSPS) is 18.9. The summed E-state index contributed by atoms with van der Waals surface area (Å²) in [6.45, 7) is 11.4. The van der Waals surface area contributed by atoms with Gasteiger partial charge in [0.1, 0.15) is 4.88 Å². The smallest absolute Gasteiger partial charge is 0.263 e. The van der Waals surface area contributed by atoms with E-state index in [0.717, 1.165) is 55.8 Å². The third kappa shape index (κ3) is 5.44. The molecule has 31 heavy (non-hydrogen) atoms. The van der Waals surface area contributed by atoms with Crippen LogP contribution in [0.1, 0.15) is 23.5 Å². The van der Waals surface area contributed by atoms with Crippen LogP contribution in [0.5, 0.6) is 0 Å². The second-order valence-corrected chi connectivity index (χ2v) is 9.29. The number of anilines is 1. The maximum absolute atomic E-state index is 13.3. The molecule has 3 heterocycles. The molecule has 1 atom stereocenters. The van der Waals surface area contributed by atoms with Gasteiger partial charge in [-0.2, -0.15) is 0 Å². The predicted octanol–water partition coefficient (Wildman–Crippen LogP) is 2.73. The highest BCUT2D eigenvalue weighted by Crippen LogP contribution is 2.33. The summed E-state index contributed by atoms with van der Waals surface area (Å²) in [6.07, 6.45) is 0. The Hall–Kier alpha value is -2.00. The summed E-state index contributed by atoms with van der Waals surface area (Å²) < 4.78 is 11.0. The van der Waals surface area contributed by atoms with E-state index in [1.807, 2.05) is 30.3 Å². The van der Waals surface area contributed by atoms with Crippen LogP contribution in [0.25, 0.3) is 11.3 Å². The Labute approximate surface area is 188 Å². The molecule has 2 aromatic rings. The van der Waals surface area contributed by atoms with Crippen molar-refractivity contribution in [1.29, 1.82) is 0 Å². The molecule has 1 amide bonds. The summed E-state index contributed by atoms with van der Waals surface area (Å²) in [4.78, 5) is 23.5. The van der Waals surface area contributed by atoms with Gasteiger partial charge in [-0.05, 0) is 5.92 Å². The van der Waals surface area contributed by atoms with Crippen molar-refractivity contribution in [2.24, 2.45) is 5.92 Å². The van der Waals surface area contributed by atoms with E-state index in [-0.39, 0.29) is 5.91 Å². The number of carbonyl (C=O) groups excluding carboxylic acids is 1. The van der Waals surface area contributed by atoms with Crippen molar-refractivity contribution >= 4 is 22.4 Å². The molecule has 7 nitrogen and oxygen atoms in total. The van der Waals surface area contributed by atoms with Crippen molar-refractivity contribution in [3.05, 3.63) is 35.2 Å². The van der Waals surface area contributed by atoms with Crippen LogP contribution in [-0.4, -0.2) is 81.0 Å². The first kappa shape index (κ1) is 22.2. The van der Waals surface area contributed by atoms with Crippen molar-refractivity contribution in [2.45, 2.75) is 19.9 Å². The van der Waals surface area contributed by atoms with Crippen LogP contribution in [0.4, 0.5) is 5.13 Å². The lowest BCUT2D eigenvalue weighted by Gasteiger charge is -2.36. The zero-order chi connectivity index (χ0) is 21.6. The molecule has 0 saturated carbocycles. The van der Waals surface area contributed by atoms with E-state index in [9.17, 15) is 4.79 Å². The van der Waals surface area contributed by atoms with E-state index in [2.05, 4.69) is 29.0 Å². The van der Waals surface area contributed by atoms with Crippen molar-refractivity contribution in [3.63, 3.8) is 0 Å². The summed E-state index contributed by atoms with van der Waals surface area (Å²) in [6, 6.07) is 10.3. The number of benzene rings is 1. The maximum Gasteiger partial charge on any atom is 0.263 e. The Morgan fingerprint density at radius 3 is 2.35 bits per heavy atom. The maximum atomic E-state index is 13.3. The molecule has 0 spiro atoms. The molecule has 1 N–H and O–H groups in total. The summed E-state index contributed by atoms with van der Waals surface area (Å²) in [5.41, 5.74) is 1.73. The largest absolute Gasteiger partial charge is 0.379 e. The lowest BCUT2D eigenvalue weighted by atomic mass is 10.0. The van der Waals surface area contributed by atoms with E-state index >= 15 is 0 Å². The van der Waals surface area contributed by atoms with E-state index in [4.69, 9.17) is 14.5 Å². The molecule has 0 aliphatic carbocycles. The SMILES string of the molecule is CC(C)C(CNC(=O)c1sc(N2CCOCC2)nc1-c1ccccc1)N1CCOCC1. The number of amides is 1. The Morgan fingerprint density at radius 2 is 1.71 bits per heavy atom. The fourth-order valence-electron chi connectivity index (χ4n) is 4.12. The average Bonchev–Trinajstić information content (AvgIpc) is 3.26. The van der Waals surface area contributed by atoms with Crippen molar-refractivity contribution in [3.8, 4) is 11.3 Å². The zero-order valence-electron chi connectivity index (χ0n) is 18.4. The number of carbonyl (C=O) groups is 1. The first-order chi connectivity index (χ1) is 15.1. The topological polar surface area (TPSA) is 66.9 Å². The number of thiazole rings is 1. The van der Waals surface area contributed by atoms with Crippen molar-refractivity contribution in [2.75, 3.05) is 64.1 Å². The standard InChI is InChI=1S/C23H32N4O3S/c1-17(2)19(26-8-12-29-13-9-26)16-24-22(28)21-20(18-6-4-3-5-7-18)25-23(31-21)27-10-14-30-15-11-27/h3-7,17,19H,8-16H2,1-2H3,(H,24,28). The Bertz CT molecular complexity index is 846. The van der Waals surface area contributed by atoms with Crippen LogP contribution in [0, 0.1) is 5.92 Å². The summed E-state index contributed by atoms with van der Waals surface area (Å²) in [5.74, 6) is 0.395. The number of morpholine rings is 2. The summed E-state index contributed by atoms with van der Waals surface area (Å²) in [7, 11) is 0. The first-order valence-corrected chi connectivity index (χ1v) is 11.9. The number of ether oxygens (including phenoxy) is 2. The molecule has 1 aromatic carbocycles. The average molecular weight is 445 g/mol. The van der Waals surface area contributed by atoms with Gasteiger partial charge in [-0.15, -0.1) is 0 Å². The molecule has 4 rings (SSSR count). The second-order valence-electron chi connectivity index (χ2n) is 8.31.